The lowest BCUT2D eigenvalue weighted by Gasteiger charge is -2.14. The maximum Gasteiger partial charge on any atom is 0.0824 e. The average molecular weight is 360 g/mol. The van der Waals surface area contributed by atoms with Crippen LogP contribution in [0, 0.1) is 0 Å². The summed E-state index contributed by atoms with van der Waals surface area (Å²) in [5.41, 5.74) is 5.04. The summed E-state index contributed by atoms with van der Waals surface area (Å²) in [6.07, 6.45) is 5.58. The van der Waals surface area contributed by atoms with Gasteiger partial charge in [0, 0.05) is 12.4 Å². The maximum atomic E-state index is 4.15. The number of rotatable bonds is 7. The number of hydrogen-bond donors (Lipinski definition) is 2. The third-order valence-electron chi connectivity index (χ3n) is 4.52. The molecule has 0 saturated heterocycles. The third-order valence-corrected chi connectivity index (χ3v) is 6.61. The fourth-order valence-corrected chi connectivity index (χ4v) is 5.31. The Kier molecular flexibility index (Phi) is 4.97. The van der Waals surface area contributed by atoms with Gasteiger partial charge in [-0.15, -0.1) is 10.2 Å². The Balaban J connectivity index is 1.49. The second-order valence-electron chi connectivity index (χ2n) is 6.47. The zero-order valence-electron chi connectivity index (χ0n) is 14.3. The van der Waals surface area contributed by atoms with Crippen molar-refractivity contribution in [3.05, 3.63) is 78.4 Å². The summed E-state index contributed by atoms with van der Waals surface area (Å²) in [5, 5.41) is 23.0. The first kappa shape index (κ1) is 16.4. The number of aromatic nitrogens is 6. The van der Waals surface area contributed by atoms with Crippen molar-refractivity contribution in [1.29, 1.82) is 0 Å². The molecule has 2 N–H and O–H groups in total. The van der Waals surface area contributed by atoms with Gasteiger partial charge in [-0.1, -0.05) is 70.2 Å². The Morgan fingerprint density at radius 2 is 1.31 bits per heavy atom. The Labute approximate surface area is 153 Å². The topological polar surface area (TPSA) is 83.1 Å². The van der Waals surface area contributed by atoms with Crippen LogP contribution in [-0.4, -0.2) is 40.3 Å². The van der Waals surface area contributed by atoms with Gasteiger partial charge in [0.2, 0.25) is 0 Å². The lowest BCUT2D eigenvalue weighted by molar-refractivity contribution is 0.761. The summed E-state index contributed by atoms with van der Waals surface area (Å²) < 4.78 is 0. The molecular formula is C19H20N6Si. The second-order valence-corrected chi connectivity index (χ2v) is 8.85. The van der Waals surface area contributed by atoms with Gasteiger partial charge >= 0.3 is 0 Å². The Bertz CT molecular complexity index is 868. The predicted molar refractivity (Wildman–Crippen MR) is 104 cm³/mol. The largest absolute Gasteiger partial charge is 0.265 e. The molecule has 7 heteroatoms. The Morgan fingerprint density at radius 1 is 0.731 bits per heavy atom. The molecule has 0 aliphatic heterocycles. The standard InChI is InChI=1S/C19H20N6Si/c1-2-4-14(5-3-1)15-6-8-18(9-7-15)26-19(10-16-12-20-24-22-16)11-17-13-21-25-23-17/h1-9,12-13,19H,10-11,26H2,(H,20,22,24)(H,21,23,25). The molecule has 4 aromatic rings. The van der Waals surface area contributed by atoms with E-state index in [1.54, 1.807) is 0 Å². The molecule has 6 nitrogen and oxygen atoms in total. The van der Waals surface area contributed by atoms with E-state index in [-0.39, 0.29) is 0 Å². The number of hydrogen-bond acceptors (Lipinski definition) is 4. The molecule has 0 radical (unpaired) electrons. The number of H-pyrrole nitrogens is 2. The Morgan fingerprint density at radius 3 is 1.85 bits per heavy atom. The first-order valence-electron chi connectivity index (χ1n) is 8.72. The van der Waals surface area contributed by atoms with E-state index in [1.165, 1.54) is 16.3 Å². The highest BCUT2D eigenvalue weighted by Gasteiger charge is 2.15. The molecule has 26 heavy (non-hydrogen) atoms. The molecule has 0 aliphatic rings. The summed E-state index contributed by atoms with van der Waals surface area (Å²) in [6, 6.07) is 19.5. The molecule has 4 rings (SSSR count). The van der Waals surface area contributed by atoms with Crippen LogP contribution in [0.5, 0.6) is 0 Å². The SMILES string of the molecule is c1ccc(-c2ccc([SiH2]C(Cc3c[nH]nn3)Cc3c[nH]nn3)cc2)cc1. The first-order valence-corrected chi connectivity index (χ1v) is 10.2. The van der Waals surface area contributed by atoms with Crippen molar-refractivity contribution in [2.45, 2.75) is 18.4 Å². The molecule has 0 bridgehead atoms. The van der Waals surface area contributed by atoms with Gasteiger partial charge in [-0.25, -0.2) is 0 Å². The molecule has 0 fully saturated rings. The predicted octanol–water partition coefficient (Wildman–Crippen LogP) is 1.66. The van der Waals surface area contributed by atoms with Crippen molar-refractivity contribution in [1.82, 2.24) is 30.8 Å². The van der Waals surface area contributed by atoms with Crippen LogP contribution in [0.2, 0.25) is 5.54 Å². The van der Waals surface area contributed by atoms with Gasteiger partial charge in [0.15, 0.2) is 0 Å². The monoisotopic (exact) mass is 360 g/mol. The van der Waals surface area contributed by atoms with Crippen molar-refractivity contribution < 1.29 is 0 Å². The van der Waals surface area contributed by atoms with Gasteiger partial charge in [-0.2, -0.15) is 0 Å². The van der Waals surface area contributed by atoms with Crippen molar-refractivity contribution >= 4 is 14.7 Å². The molecule has 2 heterocycles. The van der Waals surface area contributed by atoms with Crippen LogP contribution < -0.4 is 5.19 Å². The van der Waals surface area contributed by atoms with Crippen LogP contribution in [0.4, 0.5) is 0 Å². The van der Waals surface area contributed by atoms with E-state index in [4.69, 9.17) is 0 Å². The van der Waals surface area contributed by atoms with Gasteiger partial charge in [-0.3, -0.25) is 10.2 Å². The molecule has 0 saturated carbocycles. The normalized spacial score (nSPS) is 11.6. The zero-order chi connectivity index (χ0) is 17.6. The van der Waals surface area contributed by atoms with Crippen LogP contribution >= 0.6 is 0 Å². The van der Waals surface area contributed by atoms with E-state index in [2.05, 4.69) is 79.4 Å². The molecule has 0 unspecified atom stereocenters. The van der Waals surface area contributed by atoms with Crippen LogP contribution in [0.3, 0.4) is 0 Å². The minimum atomic E-state index is -0.501. The molecule has 2 aromatic carbocycles. The quantitative estimate of drug-likeness (QED) is 0.491. The summed E-state index contributed by atoms with van der Waals surface area (Å²) in [5.74, 6) is 0. The van der Waals surface area contributed by atoms with E-state index >= 15 is 0 Å². The first-order chi connectivity index (χ1) is 12.9. The minimum Gasteiger partial charge on any atom is -0.265 e. The number of nitrogens with zero attached hydrogens (tertiary/aromatic N) is 4. The summed E-state index contributed by atoms with van der Waals surface area (Å²) in [7, 11) is -0.501. The van der Waals surface area contributed by atoms with Crippen LogP contribution in [0.25, 0.3) is 11.1 Å². The zero-order valence-corrected chi connectivity index (χ0v) is 15.8. The van der Waals surface area contributed by atoms with Crippen molar-refractivity contribution in [2.24, 2.45) is 0 Å². The highest BCUT2D eigenvalue weighted by atomic mass is 28.2. The molecule has 0 aliphatic carbocycles. The van der Waals surface area contributed by atoms with E-state index < -0.39 is 9.52 Å². The average Bonchev–Trinajstić information content (AvgIpc) is 3.37. The molecule has 0 amide bonds. The third kappa shape index (κ3) is 4.12. The Hall–Kier alpha value is -3.06. The summed E-state index contributed by atoms with van der Waals surface area (Å²) in [6.45, 7) is 0. The summed E-state index contributed by atoms with van der Waals surface area (Å²) in [4.78, 5) is 0. The van der Waals surface area contributed by atoms with Crippen molar-refractivity contribution in [3.8, 4) is 11.1 Å². The summed E-state index contributed by atoms with van der Waals surface area (Å²) >= 11 is 0. The van der Waals surface area contributed by atoms with Gasteiger partial charge in [-0.05, 0) is 29.5 Å². The van der Waals surface area contributed by atoms with Crippen LogP contribution in [-0.2, 0) is 12.8 Å². The van der Waals surface area contributed by atoms with E-state index in [1.807, 2.05) is 18.5 Å². The fourth-order valence-electron chi connectivity index (χ4n) is 3.26. The molecule has 0 spiro atoms. The van der Waals surface area contributed by atoms with Gasteiger partial charge in [0.1, 0.15) is 0 Å². The van der Waals surface area contributed by atoms with Crippen LogP contribution in [0.15, 0.2) is 67.0 Å². The number of nitrogens with one attached hydrogen (secondary N) is 2. The molecule has 0 atom stereocenters. The van der Waals surface area contributed by atoms with Gasteiger partial charge in [0.25, 0.3) is 0 Å². The van der Waals surface area contributed by atoms with Crippen molar-refractivity contribution in [3.63, 3.8) is 0 Å². The van der Waals surface area contributed by atoms with Crippen molar-refractivity contribution in [2.75, 3.05) is 0 Å². The fraction of sp³-hybridized carbons (Fsp3) is 0.158. The smallest absolute Gasteiger partial charge is 0.0824 e. The van der Waals surface area contributed by atoms with Crippen LogP contribution in [0.1, 0.15) is 11.4 Å². The highest BCUT2D eigenvalue weighted by molar-refractivity contribution is 6.55. The number of benzene rings is 2. The minimum absolute atomic E-state index is 0.501. The van der Waals surface area contributed by atoms with E-state index in [9.17, 15) is 0 Å². The van der Waals surface area contributed by atoms with Gasteiger partial charge < -0.3 is 0 Å². The maximum absolute atomic E-state index is 4.15. The highest BCUT2D eigenvalue weighted by Crippen LogP contribution is 2.19. The number of aromatic amines is 2. The second kappa shape index (κ2) is 7.88. The van der Waals surface area contributed by atoms with E-state index in [0.29, 0.717) is 5.54 Å². The molecule has 130 valence electrons. The lowest BCUT2D eigenvalue weighted by Crippen LogP contribution is -2.23. The van der Waals surface area contributed by atoms with Gasteiger partial charge in [0.05, 0.1) is 20.9 Å². The van der Waals surface area contributed by atoms with E-state index in [0.717, 1.165) is 24.2 Å². The molecule has 2 aromatic heterocycles. The lowest BCUT2D eigenvalue weighted by atomic mass is 10.1. The molecular weight excluding hydrogens is 340 g/mol.